The molecule has 0 saturated heterocycles. The van der Waals surface area contributed by atoms with Gasteiger partial charge in [-0.3, -0.25) is 4.79 Å². The van der Waals surface area contributed by atoms with E-state index >= 15 is 0 Å². The molecule has 0 radical (unpaired) electrons. The van der Waals surface area contributed by atoms with Gasteiger partial charge in [-0.15, -0.1) is 0 Å². The summed E-state index contributed by atoms with van der Waals surface area (Å²) < 4.78 is 4.71. The topological polar surface area (TPSA) is 72.6 Å². The van der Waals surface area contributed by atoms with Crippen LogP contribution in [0.4, 0.5) is 4.79 Å². The number of hydrogen-bond donors (Lipinski definition) is 1. The summed E-state index contributed by atoms with van der Waals surface area (Å²) in [5.41, 5.74) is 5.10. The minimum Gasteiger partial charge on any atom is -0.465 e. The zero-order valence-corrected chi connectivity index (χ0v) is 7.66. The first-order chi connectivity index (χ1) is 6.15. The molecule has 1 aliphatic carbocycles. The van der Waals surface area contributed by atoms with Gasteiger partial charge in [0.05, 0.1) is 6.61 Å². The van der Waals surface area contributed by atoms with Gasteiger partial charge in [0, 0.05) is 6.04 Å². The highest BCUT2D eigenvalue weighted by molar-refractivity contribution is 5.80. The SMILES string of the molecule is CCOC(=O)CN(C(N)=O)C1CC1. The van der Waals surface area contributed by atoms with Gasteiger partial charge >= 0.3 is 12.0 Å². The molecule has 1 saturated carbocycles. The second-order valence-electron chi connectivity index (χ2n) is 3.00. The summed E-state index contributed by atoms with van der Waals surface area (Å²) >= 11 is 0. The van der Waals surface area contributed by atoms with Gasteiger partial charge in [0.1, 0.15) is 6.54 Å². The molecule has 0 spiro atoms. The maximum atomic E-state index is 11.0. The average molecular weight is 186 g/mol. The van der Waals surface area contributed by atoms with Crippen LogP contribution >= 0.6 is 0 Å². The van der Waals surface area contributed by atoms with Crippen LogP contribution in [-0.4, -0.2) is 36.1 Å². The predicted molar refractivity (Wildman–Crippen MR) is 45.9 cm³/mol. The molecule has 1 aliphatic rings. The van der Waals surface area contributed by atoms with E-state index in [4.69, 9.17) is 10.5 Å². The molecule has 0 atom stereocenters. The first-order valence-electron chi connectivity index (χ1n) is 4.36. The molecule has 0 aromatic rings. The molecule has 13 heavy (non-hydrogen) atoms. The van der Waals surface area contributed by atoms with E-state index < -0.39 is 12.0 Å². The number of rotatable bonds is 4. The lowest BCUT2D eigenvalue weighted by Crippen LogP contribution is -2.41. The van der Waals surface area contributed by atoms with E-state index in [1.54, 1.807) is 6.92 Å². The summed E-state index contributed by atoms with van der Waals surface area (Å²) in [6.45, 7) is 2.04. The van der Waals surface area contributed by atoms with Crippen molar-refractivity contribution in [1.82, 2.24) is 4.90 Å². The molecule has 1 fully saturated rings. The Labute approximate surface area is 76.8 Å². The number of esters is 1. The van der Waals surface area contributed by atoms with Gasteiger partial charge in [-0.05, 0) is 19.8 Å². The summed E-state index contributed by atoms with van der Waals surface area (Å²) in [7, 11) is 0. The van der Waals surface area contributed by atoms with Gasteiger partial charge in [-0.25, -0.2) is 4.79 Å². The molecule has 0 aromatic carbocycles. The Morgan fingerprint density at radius 2 is 2.15 bits per heavy atom. The molecule has 74 valence electrons. The lowest BCUT2D eigenvalue weighted by molar-refractivity contribution is -0.143. The van der Waals surface area contributed by atoms with Crippen LogP contribution in [0.3, 0.4) is 0 Å². The first-order valence-corrected chi connectivity index (χ1v) is 4.36. The normalized spacial score (nSPS) is 15.2. The monoisotopic (exact) mass is 186 g/mol. The van der Waals surface area contributed by atoms with E-state index in [1.165, 1.54) is 4.90 Å². The van der Waals surface area contributed by atoms with Crippen LogP contribution in [0.5, 0.6) is 0 Å². The van der Waals surface area contributed by atoms with Crippen LogP contribution in [0, 0.1) is 0 Å². The fourth-order valence-electron chi connectivity index (χ4n) is 1.12. The summed E-state index contributed by atoms with van der Waals surface area (Å²) in [5, 5.41) is 0. The van der Waals surface area contributed by atoms with Crippen molar-refractivity contribution >= 4 is 12.0 Å². The standard InChI is InChI=1S/C8H14N2O3/c1-2-13-7(11)5-10(8(9)12)6-3-4-6/h6H,2-5H2,1H3,(H2,9,12). The number of urea groups is 1. The second-order valence-corrected chi connectivity index (χ2v) is 3.00. The van der Waals surface area contributed by atoms with E-state index in [0.717, 1.165) is 12.8 Å². The number of carbonyl (C=O) groups is 2. The molecule has 0 aliphatic heterocycles. The molecule has 0 heterocycles. The number of carbonyl (C=O) groups excluding carboxylic acids is 2. The molecule has 0 aromatic heterocycles. The van der Waals surface area contributed by atoms with Crippen LogP contribution in [-0.2, 0) is 9.53 Å². The Balaban J connectivity index is 2.37. The van der Waals surface area contributed by atoms with Crippen molar-refractivity contribution in [2.75, 3.05) is 13.2 Å². The zero-order chi connectivity index (χ0) is 9.84. The van der Waals surface area contributed by atoms with Crippen molar-refractivity contribution in [3.05, 3.63) is 0 Å². The number of nitrogens with two attached hydrogens (primary N) is 1. The largest absolute Gasteiger partial charge is 0.465 e. The lowest BCUT2D eigenvalue weighted by Gasteiger charge is -2.18. The predicted octanol–water partition coefficient (Wildman–Crippen LogP) is 0.0926. The minimum absolute atomic E-state index is 0.0200. The summed E-state index contributed by atoms with van der Waals surface area (Å²) in [4.78, 5) is 23.2. The number of nitrogens with zero attached hydrogens (tertiary/aromatic N) is 1. The Hall–Kier alpha value is -1.26. The fraction of sp³-hybridized carbons (Fsp3) is 0.750. The molecular formula is C8H14N2O3. The summed E-state index contributed by atoms with van der Waals surface area (Å²) in [5.74, 6) is -0.395. The number of primary amides is 1. The highest BCUT2D eigenvalue weighted by Gasteiger charge is 2.32. The van der Waals surface area contributed by atoms with Crippen LogP contribution in [0.2, 0.25) is 0 Å². The lowest BCUT2D eigenvalue weighted by atomic mass is 10.5. The Kier molecular flexibility index (Phi) is 3.11. The van der Waals surface area contributed by atoms with Crippen molar-refractivity contribution in [2.24, 2.45) is 5.73 Å². The van der Waals surface area contributed by atoms with Crippen LogP contribution in [0.15, 0.2) is 0 Å². The van der Waals surface area contributed by atoms with Gasteiger partial charge in [0.25, 0.3) is 0 Å². The van der Waals surface area contributed by atoms with Gasteiger partial charge in [-0.2, -0.15) is 0 Å². The molecule has 5 heteroatoms. The molecule has 2 N–H and O–H groups in total. The van der Waals surface area contributed by atoms with E-state index in [0.29, 0.717) is 6.61 Å². The number of amides is 2. The molecule has 5 nitrogen and oxygen atoms in total. The molecule has 0 bridgehead atoms. The van der Waals surface area contributed by atoms with Crippen molar-refractivity contribution in [3.8, 4) is 0 Å². The second kappa shape index (κ2) is 4.11. The summed E-state index contributed by atoms with van der Waals surface area (Å²) in [6, 6.07) is -0.391. The van der Waals surface area contributed by atoms with Crippen molar-refractivity contribution < 1.29 is 14.3 Å². The molecular weight excluding hydrogens is 172 g/mol. The van der Waals surface area contributed by atoms with Gasteiger partial charge in [0.15, 0.2) is 0 Å². The third-order valence-corrected chi connectivity index (χ3v) is 1.88. The van der Waals surface area contributed by atoms with E-state index in [2.05, 4.69) is 0 Å². The fourth-order valence-corrected chi connectivity index (χ4v) is 1.12. The minimum atomic E-state index is -0.546. The third-order valence-electron chi connectivity index (χ3n) is 1.88. The molecule has 1 rings (SSSR count). The van der Waals surface area contributed by atoms with E-state index in [-0.39, 0.29) is 12.6 Å². The van der Waals surface area contributed by atoms with Crippen molar-refractivity contribution in [1.29, 1.82) is 0 Å². The third kappa shape index (κ3) is 2.93. The van der Waals surface area contributed by atoms with Gasteiger partial charge < -0.3 is 15.4 Å². The van der Waals surface area contributed by atoms with Crippen LogP contribution in [0.25, 0.3) is 0 Å². The maximum Gasteiger partial charge on any atom is 0.325 e. The smallest absolute Gasteiger partial charge is 0.325 e. The maximum absolute atomic E-state index is 11.0. The van der Waals surface area contributed by atoms with Crippen LogP contribution in [0.1, 0.15) is 19.8 Å². The van der Waals surface area contributed by atoms with Crippen molar-refractivity contribution in [3.63, 3.8) is 0 Å². The Morgan fingerprint density at radius 3 is 2.54 bits per heavy atom. The zero-order valence-electron chi connectivity index (χ0n) is 7.66. The highest BCUT2D eigenvalue weighted by Crippen LogP contribution is 2.26. The summed E-state index contributed by atoms with van der Waals surface area (Å²) in [6.07, 6.45) is 1.87. The Bertz CT molecular complexity index is 213. The first kappa shape index (κ1) is 9.83. The van der Waals surface area contributed by atoms with Crippen molar-refractivity contribution in [2.45, 2.75) is 25.8 Å². The number of ether oxygens (including phenoxy) is 1. The highest BCUT2D eigenvalue weighted by atomic mass is 16.5. The van der Waals surface area contributed by atoms with Crippen LogP contribution < -0.4 is 5.73 Å². The van der Waals surface area contributed by atoms with Gasteiger partial charge in [0.2, 0.25) is 0 Å². The molecule has 2 amide bonds. The van der Waals surface area contributed by atoms with E-state index in [1.807, 2.05) is 0 Å². The van der Waals surface area contributed by atoms with Gasteiger partial charge in [-0.1, -0.05) is 0 Å². The number of hydrogen-bond acceptors (Lipinski definition) is 3. The average Bonchev–Trinajstić information content (AvgIpc) is 2.82. The van der Waals surface area contributed by atoms with E-state index in [9.17, 15) is 9.59 Å². The Morgan fingerprint density at radius 1 is 1.54 bits per heavy atom. The molecule has 0 unspecified atom stereocenters. The quantitative estimate of drug-likeness (QED) is 0.632.